The maximum Gasteiger partial charge on any atom is 0.434 e. The van der Waals surface area contributed by atoms with Gasteiger partial charge in [-0.2, -0.15) is 28.5 Å². The summed E-state index contributed by atoms with van der Waals surface area (Å²) in [4.78, 5) is 22.0. The van der Waals surface area contributed by atoms with E-state index in [-0.39, 0.29) is 22.3 Å². The van der Waals surface area contributed by atoms with Crippen LogP contribution in [0.1, 0.15) is 16.1 Å². The molecule has 0 aromatic carbocycles. The Labute approximate surface area is 187 Å². The number of carbonyl (C=O) groups is 1. The minimum Gasteiger partial charge on any atom is -0.320 e. The SMILES string of the molecule is O=C(Nc1cnc(-n2nccn2)c(Cl)c1)c1cnn(-c2nccn3cccc23)c1C(F)(F)F. The highest BCUT2D eigenvalue weighted by Gasteiger charge is 2.41. The molecule has 0 saturated heterocycles. The third kappa shape index (κ3) is 3.67. The number of nitrogens with one attached hydrogen (secondary N) is 1. The molecule has 33 heavy (non-hydrogen) atoms. The van der Waals surface area contributed by atoms with E-state index in [0.29, 0.717) is 10.2 Å². The fourth-order valence-corrected chi connectivity index (χ4v) is 3.48. The second-order valence-corrected chi connectivity index (χ2v) is 7.08. The van der Waals surface area contributed by atoms with Crippen LogP contribution in [0, 0.1) is 0 Å². The second kappa shape index (κ2) is 7.70. The Bertz CT molecular complexity index is 1470. The van der Waals surface area contributed by atoms with E-state index in [9.17, 15) is 18.0 Å². The summed E-state index contributed by atoms with van der Waals surface area (Å²) >= 11 is 6.16. The molecule has 0 atom stereocenters. The number of rotatable bonds is 4. The van der Waals surface area contributed by atoms with E-state index in [1.165, 1.54) is 30.9 Å². The molecule has 0 radical (unpaired) electrons. The van der Waals surface area contributed by atoms with Crippen LogP contribution in [-0.2, 0) is 6.18 Å². The molecule has 0 aliphatic carbocycles. The fourth-order valence-electron chi connectivity index (χ4n) is 3.24. The first kappa shape index (κ1) is 20.6. The van der Waals surface area contributed by atoms with Crippen molar-refractivity contribution in [3.05, 3.63) is 77.9 Å². The lowest BCUT2D eigenvalue weighted by Crippen LogP contribution is -2.21. The zero-order valence-corrected chi connectivity index (χ0v) is 17.0. The van der Waals surface area contributed by atoms with Gasteiger partial charge >= 0.3 is 6.18 Å². The number of anilines is 1. The van der Waals surface area contributed by atoms with Crippen molar-refractivity contribution < 1.29 is 18.0 Å². The van der Waals surface area contributed by atoms with Crippen LogP contribution in [0.15, 0.2) is 61.6 Å². The normalized spacial score (nSPS) is 11.8. The van der Waals surface area contributed by atoms with Crippen LogP contribution in [0.3, 0.4) is 0 Å². The van der Waals surface area contributed by atoms with Gasteiger partial charge in [-0.15, -0.1) is 4.80 Å². The standard InChI is InChI=1S/C19H11ClF3N9O/c20-13-8-11(9-25-16(13)32-26-3-4-27-32)29-18(33)12-10-28-31(15(12)19(21,22)23)17-14-2-1-6-30(14)7-5-24-17/h1-10H,(H,29,33). The molecule has 1 N–H and O–H groups in total. The van der Waals surface area contributed by atoms with Crippen LogP contribution in [0.5, 0.6) is 0 Å². The first-order chi connectivity index (χ1) is 15.8. The van der Waals surface area contributed by atoms with Crippen LogP contribution in [-0.4, -0.2) is 45.1 Å². The third-order valence-corrected chi connectivity index (χ3v) is 4.88. The van der Waals surface area contributed by atoms with Crippen molar-refractivity contribution >= 4 is 28.7 Å². The highest BCUT2D eigenvalue weighted by molar-refractivity contribution is 6.32. The summed E-state index contributed by atoms with van der Waals surface area (Å²) in [5.41, 5.74) is -1.49. The van der Waals surface area contributed by atoms with E-state index in [2.05, 4.69) is 30.6 Å². The average molecular weight is 474 g/mol. The summed E-state index contributed by atoms with van der Waals surface area (Å²) in [5.74, 6) is -0.928. The Balaban J connectivity index is 1.52. The number of hydrogen-bond acceptors (Lipinski definition) is 6. The lowest BCUT2D eigenvalue weighted by atomic mass is 10.2. The van der Waals surface area contributed by atoms with Gasteiger partial charge in [-0.1, -0.05) is 11.6 Å². The molecule has 14 heteroatoms. The summed E-state index contributed by atoms with van der Waals surface area (Å²) < 4.78 is 44.2. The van der Waals surface area contributed by atoms with E-state index >= 15 is 0 Å². The van der Waals surface area contributed by atoms with Gasteiger partial charge < -0.3 is 9.72 Å². The van der Waals surface area contributed by atoms with Gasteiger partial charge in [-0.05, 0) is 18.2 Å². The van der Waals surface area contributed by atoms with Crippen LogP contribution in [0.4, 0.5) is 18.9 Å². The summed E-state index contributed by atoms with van der Waals surface area (Å²) in [5, 5.41) is 14.1. The number of pyridine rings is 1. The highest BCUT2D eigenvalue weighted by atomic mass is 35.5. The third-order valence-electron chi connectivity index (χ3n) is 4.60. The Kier molecular flexibility index (Phi) is 4.82. The van der Waals surface area contributed by atoms with Gasteiger partial charge in [0.1, 0.15) is 0 Å². The van der Waals surface area contributed by atoms with Gasteiger partial charge in [0.25, 0.3) is 5.91 Å². The van der Waals surface area contributed by atoms with Crippen LogP contribution in [0.25, 0.3) is 17.2 Å². The maximum absolute atomic E-state index is 14.0. The van der Waals surface area contributed by atoms with Crippen molar-refractivity contribution in [1.82, 2.24) is 39.1 Å². The molecule has 1 amide bonds. The Hall–Kier alpha value is -4.26. The highest BCUT2D eigenvalue weighted by Crippen LogP contribution is 2.34. The molecule has 5 rings (SSSR count). The van der Waals surface area contributed by atoms with Crippen LogP contribution < -0.4 is 5.32 Å². The topological polar surface area (TPSA) is 108 Å². The predicted molar refractivity (Wildman–Crippen MR) is 109 cm³/mol. The lowest BCUT2D eigenvalue weighted by molar-refractivity contribution is -0.143. The van der Waals surface area contributed by atoms with Crippen LogP contribution in [0.2, 0.25) is 5.02 Å². The smallest absolute Gasteiger partial charge is 0.320 e. The van der Waals surface area contributed by atoms with Gasteiger partial charge in [-0.3, -0.25) is 4.79 Å². The first-order valence-corrected chi connectivity index (χ1v) is 9.61. The van der Waals surface area contributed by atoms with Crippen molar-refractivity contribution in [3.63, 3.8) is 0 Å². The summed E-state index contributed by atoms with van der Waals surface area (Å²) in [6.45, 7) is 0. The van der Waals surface area contributed by atoms with Gasteiger partial charge in [0.15, 0.2) is 17.3 Å². The largest absolute Gasteiger partial charge is 0.434 e. The minimum absolute atomic E-state index is 0.0744. The molecule has 0 fully saturated rings. The Morgan fingerprint density at radius 1 is 1.00 bits per heavy atom. The van der Waals surface area contributed by atoms with Crippen molar-refractivity contribution in [2.24, 2.45) is 0 Å². The number of carbonyl (C=O) groups excluding carboxylic acids is 1. The number of nitrogens with zero attached hydrogens (tertiary/aromatic N) is 8. The predicted octanol–water partition coefficient (Wildman–Crippen LogP) is 3.42. The molecule has 5 aromatic rings. The number of amides is 1. The monoisotopic (exact) mass is 473 g/mol. The first-order valence-electron chi connectivity index (χ1n) is 9.24. The number of hydrogen-bond donors (Lipinski definition) is 1. The van der Waals surface area contributed by atoms with Crippen molar-refractivity contribution in [1.29, 1.82) is 0 Å². The van der Waals surface area contributed by atoms with Crippen LogP contribution >= 0.6 is 11.6 Å². The number of fused-ring (bicyclic) bond motifs is 1. The summed E-state index contributed by atoms with van der Waals surface area (Å²) in [7, 11) is 0. The van der Waals surface area contributed by atoms with Crippen molar-refractivity contribution in [3.8, 4) is 11.6 Å². The van der Waals surface area contributed by atoms with Gasteiger partial charge in [-0.25, -0.2) is 14.6 Å². The zero-order valence-electron chi connectivity index (χ0n) is 16.3. The molecule has 166 valence electrons. The molecule has 0 saturated carbocycles. The zero-order chi connectivity index (χ0) is 23.2. The maximum atomic E-state index is 14.0. The van der Waals surface area contributed by atoms with E-state index in [1.54, 1.807) is 28.9 Å². The molecule has 0 bridgehead atoms. The lowest BCUT2D eigenvalue weighted by Gasteiger charge is -2.13. The van der Waals surface area contributed by atoms with E-state index in [0.717, 1.165) is 11.0 Å². The van der Waals surface area contributed by atoms with Gasteiger partial charge in [0.05, 0.1) is 46.6 Å². The fraction of sp³-hybridized carbons (Fsp3) is 0.0526. The molecular formula is C19H11ClF3N9O. The quantitative estimate of drug-likeness (QED) is 0.428. The van der Waals surface area contributed by atoms with Crippen molar-refractivity contribution in [2.45, 2.75) is 6.18 Å². The molecule has 10 nitrogen and oxygen atoms in total. The summed E-state index contributed by atoms with van der Waals surface area (Å²) in [6, 6.07) is 4.57. The second-order valence-electron chi connectivity index (χ2n) is 6.67. The van der Waals surface area contributed by atoms with Gasteiger partial charge in [0.2, 0.25) is 0 Å². The number of alkyl halides is 3. The van der Waals surface area contributed by atoms with E-state index < -0.39 is 23.3 Å². The molecule has 0 spiro atoms. The molecule has 0 aliphatic heterocycles. The molecular weight excluding hydrogens is 463 g/mol. The average Bonchev–Trinajstić information content (AvgIpc) is 3.52. The molecule has 0 aliphatic rings. The molecule has 5 heterocycles. The van der Waals surface area contributed by atoms with Gasteiger partial charge in [0, 0.05) is 18.6 Å². The molecule has 5 aromatic heterocycles. The molecule has 0 unspecified atom stereocenters. The number of aromatic nitrogens is 8. The minimum atomic E-state index is -4.89. The van der Waals surface area contributed by atoms with E-state index in [4.69, 9.17) is 11.6 Å². The van der Waals surface area contributed by atoms with Crippen molar-refractivity contribution in [2.75, 3.05) is 5.32 Å². The summed E-state index contributed by atoms with van der Waals surface area (Å²) in [6.07, 6.45) is 4.60. The Morgan fingerprint density at radius 3 is 2.52 bits per heavy atom. The van der Waals surface area contributed by atoms with E-state index in [1.807, 2.05) is 0 Å². The number of halogens is 4. The Morgan fingerprint density at radius 2 is 1.79 bits per heavy atom.